The molecule has 1 aliphatic heterocycles. The van der Waals surface area contributed by atoms with E-state index in [1.165, 1.54) is 5.56 Å². The van der Waals surface area contributed by atoms with Gasteiger partial charge in [0.2, 0.25) is 0 Å². The molecule has 1 atom stereocenters. The maximum absolute atomic E-state index is 11.2. The third-order valence-electron chi connectivity index (χ3n) is 5.39. The number of hydrogen-bond donors (Lipinski definition) is 0. The van der Waals surface area contributed by atoms with E-state index in [0.717, 1.165) is 24.8 Å². The Morgan fingerprint density at radius 3 is 2.50 bits per heavy atom. The summed E-state index contributed by atoms with van der Waals surface area (Å²) in [6.07, 6.45) is 3.97. The van der Waals surface area contributed by atoms with Crippen molar-refractivity contribution in [2.24, 2.45) is 0 Å². The third-order valence-corrected chi connectivity index (χ3v) is 9.89. The Bertz CT molecular complexity index is 575. The second-order valence-corrected chi connectivity index (χ2v) is 13.0. The van der Waals surface area contributed by atoms with E-state index in [0.29, 0.717) is 13.2 Å². The standard InChI is InChI=1S/C20H31NO2Si/c1-20(2,3)24(4,5)23-16-19(18-11-7-6-8-12-18)21-13-9-10-17(14-21)15-22/h6-8,10-12,15,19H,9,13-14,16H2,1-5H3/t19-/m0/s1. The van der Waals surface area contributed by atoms with Gasteiger partial charge in [0.05, 0.1) is 12.6 Å². The minimum atomic E-state index is -1.80. The second kappa shape index (κ2) is 7.77. The summed E-state index contributed by atoms with van der Waals surface area (Å²) in [5.74, 6) is 0. The van der Waals surface area contributed by atoms with Gasteiger partial charge in [-0.2, -0.15) is 0 Å². The third kappa shape index (κ3) is 4.65. The Morgan fingerprint density at radius 1 is 1.25 bits per heavy atom. The zero-order valence-electron chi connectivity index (χ0n) is 15.7. The van der Waals surface area contributed by atoms with Gasteiger partial charge in [0.1, 0.15) is 6.29 Å². The SMILES string of the molecule is CC(C)(C)[Si](C)(C)OC[C@@H](c1ccccc1)N1CCC=C(C=O)C1. The molecular formula is C20H31NO2Si. The van der Waals surface area contributed by atoms with Gasteiger partial charge in [0.25, 0.3) is 0 Å². The molecule has 0 saturated carbocycles. The van der Waals surface area contributed by atoms with Crippen molar-refractivity contribution >= 4 is 14.6 Å². The van der Waals surface area contributed by atoms with Crippen LogP contribution in [0.2, 0.25) is 18.1 Å². The summed E-state index contributed by atoms with van der Waals surface area (Å²) in [6, 6.07) is 10.7. The fourth-order valence-corrected chi connectivity index (χ4v) is 3.74. The van der Waals surface area contributed by atoms with Crippen LogP contribution in [0.15, 0.2) is 42.0 Å². The number of rotatable bonds is 6. The van der Waals surface area contributed by atoms with Crippen molar-refractivity contribution in [1.82, 2.24) is 4.90 Å². The highest BCUT2D eigenvalue weighted by molar-refractivity contribution is 6.74. The Kier molecular flexibility index (Phi) is 6.18. The van der Waals surface area contributed by atoms with Crippen molar-refractivity contribution in [3.05, 3.63) is 47.5 Å². The summed E-state index contributed by atoms with van der Waals surface area (Å²) in [6.45, 7) is 13.8. The summed E-state index contributed by atoms with van der Waals surface area (Å²) in [5, 5.41) is 0.198. The van der Waals surface area contributed by atoms with Gasteiger partial charge in [-0.25, -0.2) is 0 Å². The molecule has 0 aliphatic carbocycles. The lowest BCUT2D eigenvalue weighted by atomic mass is 10.0. The Balaban J connectivity index is 2.19. The van der Waals surface area contributed by atoms with Crippen LogP contribution >= 0.6 is 0 Å². The summed E-state index contributed by atoms with van der Waals surface area (Å²) in [5.41, 5.74) is 2.15. The number of carbonyl (C=O) groups is 1. The second-order valence-electron chi connectivity index (χ2n) is 8.15. The summed E-state index contributed by atoms with van der Waals surface area (Å²) < 4.78 is 6.52. The average molecular weight is 346 g/mol. The minimum absolute atomic E-state index is 0.198. The zero-order chi connectivity index (χ0) is 17.8. The van der Waals surface area contributed by atoms with E-state index in [4.69, 9.17) is 4.43 Å². The first-order chi connectivity index (χ1) is 11.2. The number of hydrogen-bond acceptors (Lipinski definition) is 3. The van der Waals surface area contributed by atoms with Crippen molar-refractivity contribution in [2.75, 3.05) is 19.7 Å². The summed E-state index contributed by atoms with van der Waals surface area (Å²) >= 11 is 0. The van der Waals surface area contributed by atoms with E-state index in [1.807, 2.05) is 6.07 Å². The van der Waals surface area contributed by atoms with Gasteiger partial charge in [-0.3, -0.25) is 9.69 Å². The first-order valence-corrected chi connectivity index (χ1v) is 11.7. The molecule has 1 aliphatic rings. The monoisotopic (exact) mass is 345 g/mol. The first kappa shape index (κ1) is 19.1. The van der Waals surface area contributed by atoms with Gasteiger partial charge in [0, 0.05) is 18.7 Å². The van der Waals surface area contributed by atoms with Gasteiger partial charge < -0.3 is 4.43 Å². The van der Waals surface area contributed by atoms with Crippen LogP contribution in [-0.4, -0.2) is 39.2 Å². The van der Waals surface area contributed by atoms with Crippen LogP contribution in [-0.2, 0) is 9.22 Å². The van der Waals surface area contributed by atoms with Gasteiger partial charge in [-0.15, -0.1) is 0 Å². The lowest BCUT2D eigenvalue weighted by Crippen LogP contribution is -2.44. The van der Waals surface area contributed by atoms with Crippen LogP contribution in [0.3, 0.4) is 0 Å². The van der Waals surface area contributed by atoms with Gasteiger partial charge >= 0.3 is 0 Å². The van der Waals surface area contributed by atoms with E-state index in [-0.39, 0.29) is 11.1 Å². The smallest absolute Gasteiger partial charge is 0.192 e. The molecule has 1 aromatic rings. The van der Waals surface area contributed by atoms with Crippen LogP contribution < -0.4 is 0 Å². The van der Waals surface area contributed by atoms with E-state index >= 15 is 0 Å². The molecule has 0 saturated heterocycles. The van der Waals surface area contributed by atoms with Gasteiger partial charge in [-0.1, -0.05) is 57.2 Å². The number of aldehydes is 1. The largest absolute Gasteiger partial charge is 0.415 e. The zero-order valence-corrected chi connectivity index (χ0v) is 16.7. The molecule has 0 radical (unpaired) electrons. The van der Waals surface area contributed by atoms with Crippen molar-refractivity contribution < 1.29 is 9.22 Å². The summed E-state index contributed by atoms with van der Waals surface area (Å²) in [7, 11) is -1.80. The fourth-order valence-electron chi connectivity index (χ4n) is 2.74. The molecule has 4 heteroatoms. The highest BCUT2D eigenvalue weighted by atomic mass is 28.4. The number of benzene rings is 1. The van der Waals surface area contributed by atoms with Crippen molar-refractivity contribution in [2.45, 2.75) is 51.4 Å². The molecule has 132 valence electrons. The molecule has 2 rings (SSSR count). The van der Waals surface area contributed by atoms with E-state index < -0.39 is 8.32 Å². The summed E-state index contributed by atoms with van der Waals surface area (Å²) in [4.78, 5) is 13.6. The Morgan fingerprint density at radius 2 is 1.92 bits per heavy atom. The molecule has 0 spiro atoms. The molecule has 1 heterocycles. The van der Waals surface area contributed by atoms with Crippen molar-refractivity contribution in [3.63, 3.8) is 0 Å². The van der Waals surface area contributed by atoms with E-state index in [1.54, 1.807) is 0 Å². The highest BCUT2D eigenvalue weighted by Gasteiger charge is 2.38. The van der Waals surface area contributed by atoms with Crippen LogP contribution in [0.5, 0.6) is 0 Å². The molecule has 1 aromatic carbocycles. The van der Waals surface area contributed by atoms with Gasteiger partial charge in [-0.05, 0) is 30.1 Å². The van der Waals surface area contributed by atoms with E-state index in [2.05, 4.69) is 69.1 Å². The molecule has 0 amide bonds. The van der Waals surface area contributed by atoms with Crippen LogP contribution in [0.4, 0.5) is 0 Å². The van der Waals surface area contributed by atoms with Gasteiger partial charge in [0.15, 0.2) is 8.32 Å². The Hall–Kier alpha value is -1.23. The first-order valence-electron chi connectivity index (χ1n) is 8.82. The Labute approximate surface area is 147 Å². The lowest BCUT2D eigenvalue weighted by Gasteiger charge is -2.40. The van der Waals surface area contributed by atoms with E-state index in [9.17, 15) is 4.79 Å². The van der Waals surface area contributed by atoms with Crippen LogP contribution in [0.25, 0.3) is 0 Å². The topological polar surface area (TPSA) is 29.5 Å². The minimum Gasteiger partial charge on any atom is -0.415 e. The normalized spacial score (nSPS) is 18.1. The average Bonchev–Trinajstić information content (AvgIpc) is 2.55. The van der Waals surface area contributed by atoms with Crippen LogP contribution in [0, 0.1) is 0 Å². The predicted octanol–water partition coefficient (Wildman–Crippen LogP) is 4.58. The number of carbonyl (C=O) groups excluding carboxylic acids is 1. The predicted molar refractivity (Wildman–Crippen MR) is 103 cm³/mol. The van der Waals surface area contributed by atoms with Crippen molar-refractivity contribution in [3.8, 4) is 0 Å². The van der Waals surface area contributed by atoms with Crippen LogP contribution in [0.1, 0.15) is 38.8 Å². The maximum atomic E-state index is 11.2. The fraction of sp³-hybridized carbons (Fsp3) is 0.550. The lowest BCUT2D eigenvalue weighted by molar-refractivity contribution is -0.105. The molecule has 3 nitrogen and oxygen atoms in total. The maximum Gasteiger partial charge on any atom is 0.192 e. The molecule has 0 N–H and O–H groups in total. The molecule has 0 unspecified atom stereocenters. The molecule has 0 aromatic heterocycles. The molecule has 24 heavy (non-hydrogen) atoms. The highest BCUT2D eigenvalue weighted by Crippen LogP contribution is 2.37. The molecule has 0 fully saturated rings. The molecule has 0 bridgehead atoms. The number of nitrogens with zero attached hydrogens (tertiary/aromatic N) is 1. The quantitative estimate of drug-likeness (QED) is 0.558. The molecular weight excluding hydrogens is 314 g/mol. The van der Waals surface area contributed by atoms with Crippen molar-refractivity contribution in [1.29, 1.82) is 0 Å².